The van der Waals surface area contributed by atoms with Crippen LogP contribution in [0.15, 0.2) is 54.6 Å². The van der Waals surface area contributed by atoms with Crippen molar-refractivity contribution in [2.75, 3.05) is 6.54 Å². The van der Waals surface area contributed by atoms with Gasteiger partial charge in [0.25, 0.3) is 0 Å². The van der Waals surface area contributed by atoms with Gasteiger partial charge in [0, 0.05) is 24.6 Å². The molecule has 1 aliphatic rings. The second-order valence-corrected chi connectivity index (χ2v) is 7.52. The van der Waals surface area contributed by atoms with Gasteiger partial charge in [-0.15, -0.1) is 0 Å². The van der Waals surface area contributed by atoms with Crippen LogP contribution in [0.4, 0.5) is 0 Å². The molecular weight excluding hydrogens is 378 g/mol. The van der Waals surface area contributed by atoms with Gasteiger partial charge in [-0.3, -0.25) is 0 Å². The van der Waals surface area contributed by atoms with Gasteiger partial charge in [0.15, 0.2) is 0 Å². The van der Waals surface area contributed by atoms with E-state index in [0.29, 0.717) is 24.6 Å². The fraction of sp³-hybridized carbons (Fsp3) is 0.360. The predicted molar refractivity (Wildman–Crippen MR) is 119 cm³/mol. The molecule has 3 rings (SSSR count). The third kappa shape index (κ3) is 6.85. The minimum absolute atomic E-state index is 0.370. The van der Waals surface area contributed by atoms with Crippen molar-refractivity contribution in [3.63, 3.8) is 0 Å². The number of hydrogen-bond donors (Lipinski definition) is 3. The van der Waals surface area contributed by atoms with Crippen molar-refractivity contribution in [1.29, 1.82) is 0 Å². The molecule has 0 amide bonds. The average molecular weight is 410 g/mol. The Kier molecular flexibility index (Phi) is 9.29. The Morgan fingerprint density at radius 2 is 1.63 bits per heavy atom. The number of benzene rings is 2. The van der Waals surface area contributed by atoms with E-state index in [9.17, 15) is 9.59 Å². The number of carboxylic acid groups (broad SMARTS) is 2. The number of hydrogen-bond acceptors (Lipinski definition) is 3. The maximum Gasteiger partial charge on any atom is 0.328 e. The minimum atomic E-state index is -1.26. The van der Waals surface area contributed by atoms with Crippen LogP contribution in [0, 0.1) is 0 Å². The highest BCUT2D eigenvalue weighted by Gasteiger charge is 2.24. The van der Waals surface area contributed by atoms with E-state index in [-0.39, 0.29) is 0 Å². The number of fused-ring (bicyclic) bond motifs is 2. The summed E-state index contributed by atoms with van der Waals surface area (Å²) in [6.45, 7) is 2.96. The maximum absolute atomic E-state index is 9.55. The molecule has 0 saturated heterocycles. The molecule has 160 valence electrons. The lowest BCUT2D eigenvalue weighted by Crippen LogP contribution is -2.21. The molecule has 0 saturated carbocycles. The van der Waals surface area contributed by atoms with Crippen LogP contribution in [0.2, 0.25) is 0 Å². The zero-order valence-electron chi connectivity index (χ0n) is 17.5. The number of nitrogens with two attached hydrogens (primary N) is 1. The standard InChI is InChI=1S/C21H27N.C4H4O4/c1-2-3-4-5-8-16-11-12-20-18(13-16)14-17-9-6-7-10-19(17)21(20)15-22;5-3(6)1-2-4(7)8/h6-7,9-13,21H,2-5,8,14-15,22H2,1H3;1-2H,(H,5,6)(H,7,8)/b;2-1+. The van der Waals surface area contributed by atoms with Crippen LogP contribution in [-0.4, -0.2) is 28.7 Å². The van der Waals surface area contributed by atoms with Gasteiger partial charge in [0.1, 0.15) is 0 Å². The summed E-state index contributed by atoms with van der Waals surface area (Å²) >= 11 is 0. The van der Waals surface area contributed by atoms with Crippen LogP contribution in [0.3, 0.4) is 0 Å². The lowest BCUT2D eigenvalue weighted by Gasteiger charge is -2.28. The molecule has 0 aliphatic heterocycles. The second-order valence-electron chi connectivity index (χ2n) is 7.52. The zero-order chi connectivity index (χ0) is 21.9. The molecular formula is C25H31NO4. The normalized spacial score (nSPS) is 14.4. The zero-order valence-corrected chi connectivity index (χ0v) is 17.5. The molecule has 0 radical (unpaired) electrons. The molecule has 0 heterocycles. The van der Waals surface area contributed by atoms with Crippen LogP contribution in [0.5, 0.6) is 0 Å². The monoisotopic (exact) mass is 409 g/mol. The number of carbonyl (C=O) groups is 2. The Morgan fingerprint density at radius 1 is 0.967 bits per heavy atom. The quantitative estimate of drug-likeness (QED) is 0.440. The molecule has 0 spiro atoms. The number of aryl methyl sites for hydroxylation is 1. The van der Waals surface area contributed by atoms with Crippen molar-refractivity contribution < 1.29 is 19.8 Å². The van der Waals surface area contributed by atoms with E-state index in [4.69, 9.17) is 15.9 Å². The lowest BCUT2D eigenvalue weighted by atomic mass is 9.77. The first-order valence-corrected chi connectivity index (χ1v) is 10.5. The molecule has 0 fully saturated rings. The third-order valence-corrected chi connectivity index (χ3v) is 5.32. The molecule has 0 bridgehead atoms. The summed E-state index contributed by atoms with van der Waals surface area (Å²) in [4.78, 5) is 19.1. The highest BCUT2D eigenvalue weighted by atomic mass is 16.4. The largest absolute Gasteiger partial charge is 0.478 e. The number of rotatable bonds is 8. The van der Waals surface area contributed by atoms with E-state index < -0.39 is 11.9 Å². The fourth-order valence-electron chi connectivity index (χ4n) is 3.87. The van der Waals surface area contributed by atoms with Crippen LogP contribution in [0.25, 0.3) is 0 Å². The van der Waals surface area contributed by atoms with Gasteiger partial charge in [-0.1, -0.05) is 68.7 Å². The van der Waals surface area contributed by atoms with E-state index in [1.807, 2.05) is 0 Å². The topological polar surface area (TPSA) is 101 Å². The Morgan fingerprint density at radius 3 is 2.27 bits per heavy atom. The SMILES string of the molecule is CCCCCCc1ccc2c(c1)Cc1ccccc1C2CN.O=C(O)/C=C/C(=O)O. The van der Waals surface area contributed by atoms with Gasteiger partial charge < -0.3 is 15.9 Å². The molecule has 2 aromatic rings. The summed E-state index contributed by atoms with van der Waals surface area (Å²) in [5, 5.41) is 15.6. The smallest absolute Gasteiger partial charge is 0.328 e. The maximum atomic E-state index is 9.55. The lowest BCUT2D eigenvalue weighted by molar-refractivity contribution is -0.134. The van der Waals surface area contributed by atoms with Crippen molar-refractivity contribution in [2.45, 2.75) is 51.4 Å². The Hall–Kier alpha value is -2.92. The molecule has 1 unspecified atom stereocenters. The molecule has 4 N–H and O–H groups in total. The Bertz CT molecular complexity index is 872. The molecule has 1 aliphatic carbocycles. The molecule has 0 aromatic heterocycles. The summed E-state index contributed by atoms with van der Waals surface area (Å²) in [5.41, 5.74) is 13.4. The van der Waals surface area contributed by atoms with Gasteiger partial charge in [0.05, 0.1) is 0 Å². The predicted octanol–water partition coefficient (Wildman–Crippen LogP) is 4.52. The van der Waals surface area contributed by atoms with Crippen LogP contribution >= 0.6 is 0 Å². The Balaban J connectivity index is 0.000000343. The average Bonchev–Trinajstić information content (AvgIpc) is 2.74. The van der Waals surface area contributed by atoms with Gasteiger partial charge in [-0.05, 0) is 47.1 Å². The summed E-state index contributed by atoms with van der Waals surface area (Å²) in [7, 11) is 0. The summed E-state index contributed by atoms with van der Waals surface area (Å²) in [5.74, 6) is -2.14. The summed E-state index contributed by atoms with van der Waals surface area (Å²) in [6.07, 6.45) is 8.70. The number of aliphatic carboxylic acids is 2. The van der Waals surface area contributed by atoms with Crippen molar-refractivity contribution in [1.82, 2.24) is 0 Å². The highest BCUT2D eigenvalue weighted by Crippen LogP contribution is 2.36. The molecule has 1 atom stereocenters. The molecule has 2 aromatic carbocycles. The first kappa shape index (κ1) is 23.4. The van der Waals surface area contributed by atoms with E-state index in [0.717, 1.165) is 6.42 Å². The van der Waals surface area contributed by atoms with Crippen molar-refractivity contribution in [3.05, 3.63) is 82.4 Å². The van der Waals surface area contributed by atoms with Gasteiger partial charge in [-0.25, -0.2) is 9.59 Å². The fourth-order valence-corrected chi connectivity index (χ4v) is 3.87. The van der Waals surface area contributed by atoms with E-state index in [1.165, 1.54) is 59.9 Å². The number of carboxylic acids is 2. The van der Waals surface area contributed by atoms with Crippen molar-refractivity contribution in [2.24, 2.45) is 5.73 Å². The third-order valence-electron chi connectivity index (χ3n) is 5.32. The van der Waals surface area contributed by atoms with E-state index >= 15 is 0 Å². The van der Waals surface area contributed by atoms with E-state index in [1.54, 1.807) is 0 Å². The molecule has 5 heteroatoms. The summed E-state index contributed by atoms with van der Waals surface area (Å²) in [6, 6.07) is 15.9. The van der Waals surface area contributed by atoms with Crippen molar-refractivity contribution in [3.8, 4) is 0 Å². The first-order chi connectivity index (χ1) is 14.5. The van der Waals surface area contributed by atoms with Gasteiger partial charge in [-0.2, -0.15) is 0 Å². The Labute approximate surface area is 178 Å². The molecule has 30 heavy (non-hydrogen) atoms. The van der Waals surface area contributed by atoms with Gasteiger partial charge in [0.2, 0.25) is 0 Å². The van der Waals surface area contributed by atoms with Crippen molar-refractivity contribution >= 4 is 11.9 Å². The summed E-state index contributed by atoms with van der Waals surface area (Å²) < 4.78 is 0. The van der Waals surface area contributed by atoms with Crippen LogP contribution in [-0.2, 0) is 22.4 Å². The van der Waals surface area contributed by atoms with Crippen LogP contribution in [0.1, 0.15) is 66.3 Å². The highest BCUT2D eigenvalue weighted by molar-refractivity contribution is 5.89. The first-order valence-electron chi connectivity index (χ1n) is 10.5. The van der Waals surface area contributed by atoms with Crippen LogP contribution < -0.4 is 5.73 Å². The van der Waals surface area contributed by atoms with E-state index in [2.05, 4.69) is 49.4 Å². The second kappa shape index (κ2) is 11.9. The minimum Gasteiger partial charge on any atom is -0.478 e. The molecule has 5 nitrogen and oxygen atoms in total. The number of unbranched alkanes of at least 4 members (excludes halogenated alkanes) is 3. The van der Waals surface area contributed by atoms with Gasteiger partial charge >= 0.3 is 11.9 Å².